The van der Waals surface area contributed by atoms with Crippen molar-refractivity contribution in [3.63, 3.8) is 0 Å². The van der Waals surface area contributed by atoms with E-state index in [0.717, 1.165) is 38.5 Å². The van der Waals surface area contributed by atoms with Crippen molar-refractivity contribution < 1.29 is 24.5 Å². The number of nitrogens with one attached hydrogen (secondary N) is 1. The summed E-state index contributed by atoms with van der Waals surface area (Å²) in [5.74, 6) is -0.0429. The molecule has 1 amide bonds. The molecule has 6 heteroatoms. The van der Waals surface area contributed by atoms with Crippen LogP contribution in [0.4, 0.5) is 0 Å². The van der Waals surface area contributed by atoms with E-state index in [0.29, 0.717) is 19.4 Å². The number of aliphatic hydroxyl groups excluding tert-OH is 2. The fourth-order valence-corrected chi connectivity index (χ4v) is 10.9. The molecule has 2 unspecified atom stereocenters. The van der Waals surface area contributed by atoms with Crippen LogP contribution in [0.2, 0.25) is 0 Å². The molecule has 0 heterocycles. The lowest BCUT2D eigenvalue weighted by Crippen LogP contribution is -2.45. The van der Waals surface area contributed by atoms with Crippen molar-refractivity contribution in [2.24, 2.45) is 0 Å². The van der Waals surface area contributed by atoms with Gasteiger partial charge in [0.1, 0.15) is 0 Å². The number of ether oxygens (including phenoxy) is 1. The highest BCUT2D eigenvalue weighted by molar-refractivity contribution is 5.76. The van der Waals surface area contributed by atoms with Crippen LogP contribution in [0, 0.1) is 0 Å². The second-order valence-corrected chi connectivity index (χ2v) is 23.9. The summed E-state index contributed by atoms with van der Waals surface area (Å²) < 4.78 is 5.50. The smallest absolute Gasteiger partial charge is 0.305 e. The van der Waals surface area contributed by atoms with Gasteiger partial charge in [0.25, 0.3) is 0 Å². The molecular weight excluding hydrogens is 935 g/mol. The number of allylic oxidation sites excluding steroid dienone is 3. The van der Waals surface area contributed by atoms with Crippen LogP contribution in [0.1, 0.15) is 386 Å². The molecule has 0 saturated carbocycles. The van der Waals surface area contributed by atoms with E-state index < -0.39 is 12.1 Å². The Bertz CT molecular complexity index is 1190. The van der Waals surface area contributed by atoms with E-state index in [1.807, 2.05) is 6.08 Å². The summed E-state index contributed by atoms with van der Waals surface area (Å²) in [6.07, 6.45) is 82.7. The number of aliphatic hydroxyl groups is 2. The van der Waals surface area contributed by atoms with Crippen molar-refractivity contribution in [1.82, 2.24) is 5.32 Å². The van der Waals surface area contributed by atoms with Crippen LogP contribution in [-0.2, 0) is 14.3 Å². The average Bonchev–Trinajstić information content (AvgIpc) is 3.42. The Morgan fingerprint density at radius 3 is 0.934 bits per heavy atom. The first-order chi connectivity index (χ1) is 37.5. The number of carbonyl (C=O) groups is 2. The summed E-state index contributed by atoms with van der Waals surface area (Å²) in [5, 5.41) is 23.0. The maximum atomic E-state index is 12.4. The van der Waals surface area contributed by atoms with Crippen molar-refractivity contribution in [2.45, 2.75) is 398 Å². The van der Waals surface area contributed by atoms with Crippen molar-refractivity contribution in [3.05, 3.63) is 24.3 Å². The summed E-state index contributed by atoms with van der Waals surface area (Å²) in [7, 11) is 0. The van der Waals surface area contributed by atoms with E-state index in [2.05, 4.69) is 31.3 Å². The van der Waals surface area contributed by atoms with Gasteiger partial charge >= 0.3 is 5.97 Å². The van der Waals surface area contributed by atoms with Gasteiger partial charge in [-0.3, -0.25) is 9.59 Å². The van der Waals surface area contributed by atoms with E-state index in [4.69, 9.17) is 4.74 Å². The maximum Gasteiger partial charge on any atom is 0.305 e. The molecular formula is C70H135NO5. The summed E-state index contributed by atoms with van der Waals surface area (Å²) >= 11 is 0. The van der Waals surface area contributed by atoms with Gasteiger partial charge in [0.15, 0.2) is 0 Å². The largest absolute Gasteiger partial charge is 0.466 e. The van der Waals surface area contributed by atoms with E-state index in [-0.39, 0.29) is 18.5 Å². The molecule has 0 aromatic carbocycles. The van der Waals surface area contributed by atoms with Gasteiger partial charge in [-0.1, -0.05) is 340 Å². The summed E-state index contributed by atoms with van der Waals surface area (Å²) in [6.45, 7) is 4.92. The molecule has 0 aromatic rings. The molecule has 6 nitrogen and oxygen atoms in total. The van der Waals surface area contributed by atoms with Crippen molar-refractivity contribution in [3.8, 4) is 0 Å². The second kappa shape index (κ2) is 65.9. The van der Waals surface area contributed by atoms with Crippen LogP contribution in [0.3, 0.4) is 0 Å². The maximum absolute atomic E-state index is 12.4. The molecule has 0 spiro atoms. The van der Waals surface area contributed by atoms with Gasteiger partial charge in [0.05, 0.1) is 25.4 Å². The van der Waals surface area contributed by atoms with Crippen molar-refractivity contribution in [2.75, 3.05) is 13.2 Å². The van der Waals surface area contributed by atoms with E-state index in [1.165, 1.54) is 321 Å². The first kappa shape index (κ1) is 74.3. The molecule has 0 fully saturated rings. The molecule has 0 aliphatic heterocycles. The third-order valence-electron chi connectivity index (χ3n) is 16.2. The molecule has 450 valence electrons. The van der Waals surface area contributed by atoms with Gasteiger partial charge in [-0.05, 0) is 57.8 Å². The first-order valence-corrected chi connectivity index (χ1v) is 34.6. The Balaban J connectivity index is 3.32. The van der Waals surface area contributed by atoms with E-state index >= 15 is 0 Å². The number of unbranched alkanes of at least 4 members (excludes halogenated alkanes) is 52. The minimum Gasteiger partial charge on any atom is -0.466 e. The Morgan fingerprint density at radius 1 is 0.355 bits per heavy atom. The summed E-state index contributed by atoms with van der Waals surface area (Å²) in [6, 6.07) is -0.623. The molecule has 3 N–H and O–H groups in total. The molecule has 0 rings (SSSR count). The molecule has 0 bridgehead atoms. The van der Waals surface area contributed by atoms with Gasteiger partial charge in [0, 0.05) is 12.8 Å². The lowest BCUT2D eigenvalue weighted by Gasteiger charge is -2.20. The molecule has 0 aromatic heterocycles. The van der Waals surface area contributed by atoms with Crippen LogP contribution < -0.4 is 5.32 Å². The Kier molecular flexibility index (Phi) is 64.4. The van der Waals surface area contributed by atoms with Crippen LogP contribution >= 0.6 is 0 Å². The van der Waals surface area contributed by atoms with E-state index in [1.54, 1.807) is 6.08 Å². The average molecular weight is 1070 g/mol. The predicted molar refractivity (Wildman–Crippen MR) is 333 cm³/mol. The van der Waals surface area contributed by atoms with Crippen LogP contribution in [0.5, 0.6) is 0 Å². The van der Waals surface area contributed by atoms with E-state index in [9.17, 15) is 19.8 Å². The standard InChI is InChI=1S/C70H135NO5/c1-3-5-7-9-11-13-15-16-17-38-41-44-48-52-56-60-64-70(75)76-65-61-57-53-49-45-42-39-36-34-32-30-28-26-24-22-20-18-19-21-23-25-27-29-31-33-35-37-40-43-47-51-55-59-63-69(74)71-67(66-72)68(73)62-58-54-50-46-14-12-10-8-6-4-2/h22,24,58,62,67-68,72-73H,3-21,23,25-57,59-61,63-66H2,1-2H3,(H,71,74)/b24-22-,62-58+. The number of esters is 1. The number of amides is 1. The zero-order chi connectivity index (χ0) is 55.0. The first-order valence-electron chi connectivity index (χ1n) is 34.6. The normalized spacial score (nSPS) is 12.6. The highest BCUT2D eigenvalue weighted by Gasteiger charge is 2.18. The summed E-state index contributed by atoms with van der Waals surface area (Å²) in [4.78, 5) is 24.5. The van der Waals surface area contributed by atoms with Gasteiger partial charge in [-0.2, -0.15) is 0 Å². The van der Waals surface area contributed by atoms with Gasteiger partial charge in [-0.15, -0.1) is 0 Å². The number of hydrogen-bond donors (Lipinski definition) is 3. The number of rotatable bonds is 65. The Labute approximate surface area is 475 Å². The predicted octanol–water partition coefficient (Wildman–Crippen LogP) is 22.1. The quantitative estimate of drug-likeness (QED) is 0.0320. The lowest BCUT2D eigenvalue weighted by molar-refractivity contribution is -0.143. The molecule has 0 radical (unpaired) electrons. The Hall–Kier alpha value is -1.66. The number of hydrogen-bond acceptors (Lipinski definition) is 5. The van der Waals surface area contributed by atoms with Crippen LogP contribution in [0.25, 0.3) is 0 Å². The van der Waals surface area contributed by atoms with Gasteiger partial charge in [-0.25, -0.2) is 0 Å². The SMILES string of the molecule is CCCCCCCCCC/C=C/C(O)C(CO)NC(=O)CCCCCCCCCCCCCCCCCCC/C=C\CCCCCCCCCCCCCCOC(=O)CCCCCCCCCCCCCCCCCC. The minimum atomic E-state index is -0.840. The molecule has 0 aliphatic rings. The zero-order valence-corrected chi connectivity index (χ0v) is 51.5. The highest BCUT2D eigenvalue weighted by atomic mass is 16.5. The Morgan fingerprint density at radius 2 is 0.618 bits per heavy atom. The van der Waals surface area contributed by atoms with Gasteiger partial charge < -0.3 is 20.3 Å². The molecule has 0 saturated heterocycles. The summed E-state index contributed by atoms with van der Waals surface area (Å²) in [5.41, 5.74) is 0. The van der Waals surface area contributed by atoms with Crippen molar-refractivity contribution >= 4 is 11.9 Å². The minimum absolute atomic E-state index is 0.0224. The fraction of sp³-hybridized carbons (Fsp3) is 0.914. The monoisotopic (exact) mass is 1070 g/mol. The topological polar surface area (TPSA) is 95.9 Å². The highest BCUT2D eigenvalue weighted by Crippen LogP contribution is 2.18. The fourth-order valence-electron chi connectivity index (χ4n) is 10.9. The molecule has 0 aliphatic carbocycles. The van der Waals surface area contributed by atoms with Gasteiger partial charge in [0.2, 0.25) is 5.91 Å². The van der Waals surface area contributed by atoms with Crippen LogP contribution in [0.15, 0.2) is 24.3 Å². The van der Waals surface area contributed by atoms with Crippen molar-refractivity contribution in [1.29, 1.82) is 0 Å². The molecule has 76 heavy (non-hydrogen) atoms. The zero-order valence-electron chi connectivity index (χ0n) is 51.5. The third-order valence-corrected chi connectivity index (χ3v) is 16.2. The second-order valence-electron chi connectivity index (χ2n) is 23.9. The molecule has 2 atom stereocenters. The number of carbonyl (C=O) groups excluding carboxylic acids is 2. The third kappa shape index (κ3) is 61.6. The lowest BCUT2D eigenvalue weighted by atomic mass is 10.0. The van der Waals surface area contributed by atoms with Crippen LogP contribution in [-0.4, -0.2) is 47.4 Å².